The Morgan fingerprint density at radius 3 is 2.09 bits per heavy atom. The molecule has 43 heavy (non-hydrogen) atoms. The fourth-order valence-electron chi connectivity index (χ4n) is 4.31. The summed E-state index contributed by atoms with van der Waals surface area (Å²) in [5, 5.41) is 13.2. The van der Waals surface area contributed by atoms with E-state index in [4.69, 9.17) is 16.3 Å². The largest absolute Gasteiger partial charge is 0.507 e. The first-order valence-electron chi connectivity index (χ1n) is 13.2. The number of ether oxygens (including phenoxy) is 1. The van der Waals surface area contributed by atoms with Crippen molar-refractivity contribution < 1.29 is 37.0 Å². The van der Waals surface area contributed by atoms with Gasteiger partial charge in [0.2, 0.25) is 0 Å². The molecule has 0 bridgehead atoms. The van der Waals surface area contributed by atoms with Gasteiger partial charge in [-0.05, 0) is 77.6 Å². The van der Waals surface area contributed by atoms with Crippen LogP contribution in [0.1, 0.15) is 28.4 Å². The lowest BCUT2D eigenvalue weighted by atomic mass is 9.99. The number of esters is 1. The van der Waals surface area contributed by atoms with Crippen LogP contribution >= 0.6 is 11.6 Å². The van der Waals surface area contributed by atoms with Gasteiger partial charge in [0.1, 0.15) is 11.6 Å². The average Bonchev–Trinajstić information content (AvgIpc) is 2.98. The minimum atomic E-state index is -4.49. The molecule has 222 valence electrons. The number of hydrogen-bond donors (Lipinski definition) is 2. The Bertz CT molecular complexity index is 1630. The summed E-state index contributed by atoms with van der Waals surface area (Å²) >= 11 is 5.90. The number of benzene rings is 4. The van der Waals surface area contributed by atoms with Gasteiger partial charge in [-0.25, -0.2) is 9.18 Å². The van der Waals surface area contributed by atoms with Gasteiger partial charge in [0.05, 0.1) is 28.8 Å². The van der Waals surface area contributed by atoms with Gasteiger partial charge in [-0.3, -0.25) is 4.79 Å². The Kier molecular flexibility index (Phi) is 9.88. The third kappa shape index (κ3) is 8.23. The number of phenolic OH excluding ortho intramolecular Hbond substituents is 1. The molecule has 2 N–H and O–H groups in total. The van der Waals surface area contributed by atoms with Crippen molar-refractivity contribution in [1.29, 1.82) is 0 Å². The SMILES string of the molecule is CCOC(=O)/C=C/C(Cc1ccc(-c2ccc(F)c(Cl)c2)cc1)NC(=O)c1cc(-c2ccc(C(F)(F)F)cc2)ccc1O. The molecule has 1 atom stereocenters. The molecule has 0 aromatic heterocycles. The smallest absolute Gasteiger partial charge is 0.416 e. The number of aromatic hydroxyl groups is 1. The number of amides is 1. The molecule has 0 aliphatic heterocycles. The van der Waals surface area contributed by atoms with E-state index in [-0.39, 0.29) is 29.4 Å². The molecule has 0 aliphatic carbocycles. The Labute approximate surface area is 250 Å². The van der Waals surface area contributed by atoms with Crippen molar-refractivity contribution in [3.05, 3.63) is 125 Å². The van der Waals surface area contributed by atoms with E-state index in [0.717, 1.165) is 23.3 Å². The van der Waals surface area contributed by atoms with Crippen LogP contribution in [0.15, 0.2) is 97.1 Å². The van der Waals surface area contributed by atoms with Crippen molar-refractivity contribution in [3.63, 3.8) is 0 Å². The normalized spacial score (nSPS) is 12.2. The van der Waals surface area contributed by atoms with Crippen LogP contribution in [0, 0.1) is 5.82 Å². The van der Waals surface area contributed by atoms with Gasteiger partial charge in [0.15, 0.2) is 0 Å². The second-order valence-corrected chi connectivity index (χ2v) is 9.94. The molecule has 0 heterocycles. The first-order chi connectivity index (χ1) is 20.4. The molecule has 5 nitrogen and oxygen atoms in total. The zero-order valence-electron chi connectivity index (χ0n) is 22.8. The molecule has 0 radical (unpaired) electrons. The molecular formula is C33H26ClF4NO4. The minimum Gasteiger partial charge on any atom is -0.507 e. The number of halogens is 5. The van der Waals surface area contributed by atoms with Gasteiger partial charge < -0.3 is 15.2 Å². The molecule has 0 fully saturated rings. The Balaban J connectivity index is 1.56. The molecule has 1 unspecified atom stereocenters. The van der Waals surface area contributed by atoms with Crippen molar-refractivity contribution in [2.24, 2.45) is 0 Å². The van der Waals surface area contributed by atoms with E-state index in [9.17, 15) is 32.3 Å². The molecule has 10 heteroatoms. The number of hydrogen-bond acceptors (Lipinski definition) is 4. The van der Waals surface area contributed by atoms with Crippen LogP contribution < -0.4 is 5.32 Å². The zero-order valence-corrected chi connectivity index (χ0v) is 23.5. The van der Waals surface area contributed by atoms with E-state index >= 15 is 0 Å². The van der Waals surface area contributed by atoms with Gasteiger partial charge in [0.25, 0.3) is 5.91 Å². The molecule has 1 amide bonds. The van der Waals surface area contributed by atoms with Gasteiger partial charge in [-0.15, -0.1) is 0 Å². The summed E-state index contributed by atoms with van der Waals surface area (Å²) < 4.78 is 57.4. The molecule has 0 saturated heterocycles. The first-order valence-corrected chi connectivity index (χ1v) is 13.5. The number of alkyl halides is 3. The summed E-state index contributed by atoms with van der Waals surface area (Å²) in [6.45, 7) is 1.83. The topological polar surface area (TPSA) is 75.6 Å². The summed E-state index contributed by atoms with van der Waals surface area (Å²) in [7, 11) is 0. The quantitative estimate of drug-likeness (QED) is 0.114. The lowest BCUT2D eigenvalue weighted by molar-refractivity contribution is -0.138. The predicted octanol–water partition coefficient (Wildman–Crippen LogP) is 8.00. The Morgan fingerprint density at radius 1 is 0.907 bits per heavy atom. The van der Waals surface area contributed by atoms with E-state index in [1.165, 1.54) is 54.6 Å². The maximum absolute atomic E-state index is 13.6. The molecular weight excluding hydrogens is 586 g/mol. The second-order valence-electron chi connectivity index (χ2n) is 9.53. The van der Waals surface area contributed by atoms with Crippen LogP contribution in [-0.2, 0) is 22.1 Å². The lowest BCUT2D eigenvalue weighted by Crippen LogP contribution is -2.35. The molecule has 0 saturated carbocycles. The number of carbonyl (C=O) groups excluding carboxylic acids is 2. The van der Waals surface area contributed by atoms with Crippen LogP contribution in [0.2, 0.25) is 5.02 Å². The van der Waals surface area contributed by atoms with E-state index in [1.807, 2.05) is 24.3 Å². The highest BCUT2D eigenvalue weighted by atomic mass is 35.5. The Morgan fingerprint density at radius 2 is 1.49 bits per heavy atom. The van der Waals surface area contributed by atoms with Gasteiger partial charge in [-0.1, -0.05) is 66.2 Å². The van der Waals surface area contributed by atoms with Crippen LogP contribution in [0.4, 0.5) is 17.6 Å². The number of nitrogens with one attached hydrogen (secondary N) is 1. The van der Waals surface area contributed by atoms with Crippen molar-refractivity contribution in [1.82, 2.24) is 5.32 Å². The van der Waals surface area contributed by atoms with Crippen molar-refractivity contribution in [2.45, 2.75) is 25.6 Å². The van der Waals surface area contributed by atoms with Crippen molar-refractivity contribution in [3.8, 4) is 28.0 Å². The highest BCUT2D eigenvalue weighted by Gasteiger charge is 2.30. The van der Waals surface area contributed by atoms with Gasteiger partial charge in [-0.2, -0.15) is 13.2 Å². The van der Waals surface area contributed by atoms with Crippen LogP contribution in [-0.4, -0.2) is 29.6 Å². The van der Waals surface area contributed by atoms with Crippen molar-refractivity contribution in [2.75, 3.05) is 6.61 Å². The minimum absolute atomic E-state index is 0.000834. The maximum atomic E-state index is 13.6. The highest BCUT2D eigenvalue weighted by Crippen LogP contribution is 2.32. The summed E-state index contributed by atoms with van der Waals surface area (Å²) in [6.07, 6.45) is -1.56. The van der Waals surface area contributed by atoms with E-state index in [1.54, 1.807) is 13.0 Å². The van der Waals surface area contributed by atoms with Gasteiger partial charge in [0, 0.05) is 6.08 Å². The van der Waals surface area contributed by atoms with E-state index < -0.39 is 35.5 Å². The Hall–Kier alpha value is -4.63. The monoisotopic (exact) mass is 611 g/mol. The summed E-state index contributed by atoms with van der Waals surface area (Å²) in [5.41, 5.74) is 2.23. The van der Waals surface area contributed by atoms with Gasteiger partial charge >= 0.3 is 12.1 Å². The third-order valence-corrected chi connectivity index (χ3v) is 6.81. The number of carbonyl (C=O) groups is 2. The average molecular weight is 612 g/mol. The standard InChI is InChI=1S/C33H26ClF4NO4/c1-2-43-31(41)16-13-26(17-20-3-5-21(6-4-20)24-9-14-29(35)28(34)19-24)39-32(42)27-18-23(10-15-30(27)40)22-7-11-25(12-8-22)33(36,37)38/h3-16,18-19,26,40H,2,17H2,1H3,(H,39,42)/b16-13+. The fraction of sp³-hybridized carbons (Fsp3) is 0.152. The molecule has 4 rings (SSSR count). The maximum Gasteiger partial charge on any atom is 0.416 e. The first kappa shape index (κ1) is 31.3. The molecule has 4 aromatic carbocycles. The summed E-state index contributed by atoms with van der Waals surface area (Å²) in [5.74, 6) is -2.12. The lowest BCUT2D eigenvalue weighted by Gasteiger charge is -2.17. The zero-order chi connectivity index (χ0) is 31.1. The number of phenols is 1. The molecule has 0 spiro atoms. The number of rotatable bonds is 9. The molecule has 4 aromatic rings. The van der Waals surface area contributed by atoms with Crippen LogP contribution in [0.3, 0.4) is 0 Å². The fourth-order valence-corrected chi connectivity index (χ4v) is 4.49. The molecule has 0 aliphatic rings. The summed E-state index contributed by atoms with van der Waals surface area (Å²) in [6, 6.07) is 19.5. The van der Waals surface area contributed by atoms with Crippen molar-refractivity contribution >= 4 is 23.5 Å². The predicted molar refractivity (Wildman–Crippen MR) is 156 cm³/mol. The van der Waals surface area contributed by atoms with E-state index in [0.29, 0.717) is 16.7 Å². The van der Waals surface area contributed by atoms with E-state index in [2.05, 4.69) is 5.32 Å². The van der Waals surface area contributed by atoms with Crippen LogP contribution in [0.25, 0.3) is 22.3 Å². The second kappa shape index (κ2) is 13.6. The highest BCUT2D eigenvalue weighted by molar-refractivity contribution is 6.31. The third-order valence-electron chi connectivity index (χ3n) is 6.52. The van der Waals surface area contributed by atoms with Crippen LogP contribution in [0.5, 0.6) is 5.75 Å². The summed E-state index contributed by atoms with van der Waals surface area (Å²) in [4.78, 5) is 25.3.